The summed E-state index contributed by atoms with van der Waals surface area (Å²) in [6.45, 7) is 6.25. The molecule has 1 fully saturated rings. The molecule has 0 amide bonds. The zero-order valence-corrected chi connectivity index (χ0v) is 14.1. The number of rotatable bonds is 5. The first kappa shape index (κ1) is 16.0. The molecule has 3 aliphatic rings. The van der Waals surface area contributed by atoms with E-state index >= 15 is 0 Å². The van der Waals surface area contributed by atoms with E-state index in [1.807, 2.05) is 24.3 Å². The fourth-order valence-electron chi connectivity index (χ4n) is 3.60. The van der Waals surface area contributed by atoms with Gasteiger partial charge in [0.05, 0.1) is 0 Å². The summed E-state index contributed by atoms with van der Waals surface area (Å²) < 4.78 is 22.4. The molecule has 2 atom stereocenters. The lowest BCUT2D eigenvalue weighted by Crippen LogP contribution is -2.39. The van der Waals surface area contributed by atoms with E-state index in [9.17, 15) is 4.79 Å². The predicted octanol–water partition coefficient (Wildman–Crippen LogP) is 3.31. The molecule has 1 saturated heterocycles. The summed E-state index contributed by atoms with van der Waals surface area (Å²) in [5.74, 6) is 2.18. The van der Waals surface area contributed by atoms with E-state index in [-0.39, 0.29) is 25.3 Å². The Hall–Kier alpha value is -2.53. The molecule has 0 N–H and O–H groups in total. The molecule has 5 nitrogen and oxygen atoms in total. The molecule has 1 aromatic rings. The zero-order chi connectivity index (χ0) is 17.4. The maximum Gasteiger partial charge on any atom is 0.231 e. The Balaban J connectivity index is 1.63. The predicted molar refractivity (Wildman–Crippen MR) is 91.2 cm³/mol. The molecule has 2 unspecified atom stereocenters. The highest BCUT2D eigenvalue weighted by Crippen LogP contribution is 2.43. The molecule has 0 radical (unpaired) electrons. The Labute approximate surface area is 146 Å². The summed E-state index contributed by atoms with van der Waals surface area (Å²) in [6, 6.07) is 5.95. The Morgan fingerprint density at radius 1 is 1.24 bits per heavy atom. The fraction of sp³-hybridized carbons (Fsp3) is 0.350. The van der Waals surface area contributed by atoms with Gasteiger partial charge in [0.2, 0.25) is 6.79 Å². The summed E-state index contributed by atoms with van der Waals surface area (Å²) in [5, 5.41) is 0. The topological polar surface area (TPSA) is 54.0 Å². The normalized spacial score (nSPS) is 24.9. The Morgan fingerprint density at radius 2 is 2.08 bits per heavy atom. The van der Waals surface area contributed by atoms with Gasteiger partial charge in [-0.05, 0) is 36.6 Å². The van der Waals surface area contributed by atoms with Crippen LogP contribution in [-0.2, 0) is 20.7 Å². The van der Waals surface area contributed by atoms with Crippen LogP contribution < -0.4 is 9.47 Å². The van der Waals surface area contributed by atoms with Gasteiger partial charge in [0.1, 0.15) is 5.76 Å². The van der Waals surface area contributed by atoms with E-state index in [0.29, 0.717) is 17.8 Å². The van der Waals surface area contributed by atoms with Crippen molar-refractivity contribution in [1.29, 1.82) is 0 Å². The number of carbonyl (C=O) groups is 1. The third kappa shape index (κ3) is 2.65. The Bertz CT molecular complexity index is 791. The van der Waals surface area contributed by atoms with Crippen LogP contribution >= 0.6 is 0 Å². The van der Waals surface area contributed by atoms with Crippen LogP contribution in [0.1, 0.15) is 18.9 Å². The molecule has 25 heavy (non-hydrogen) atoms. The van der Waals surface area contributed by atoms with Gasteiger partial charge in [-0.1, -0.05) is 19.1 Å². The summed E-state index contributed by atoms with van der Waals surface area (Å²) in [6.07, 6.45) is 6.47. The SMILES string of the molecule is C=CCC1=CC2(C(C)Cc3ccc4c(c3)OCO4)OCOC2=CC1=O. The molecule has 0 spiro atoms. The molecular formula is C20H20O5. The number of hydrogen-bond donors (Lipinski definition) is 0. The summed E-state index contributed by atoms with van der Waals surface area (Å²) in [7, 11) is 0. The molecule has 1 aromatic carbocycles. The molecule has 5 heteroatoms. The standard InChI is InChI=1S/C20H20O5/c1-3-4-15-10-20(19(9-16(15)21)24-12-25-20)13(2)7-14-5-6-17-18(8-14)23-11-22-17/h3,5-6,8-10,13H,1,4,7,11-12H2,2H3. The van der Waals surface area contributed by atoms with Crippen molar-refractivity contribution in [3.05, 3.63) is 59.9 Å². The number of hydrogen-bond acceptors (Lipinski definition) is 5. The van der Waals surface area contributed by atoms with Gasteiger partial charge in [-0.2, -0.15) is 0 Å². The first-order chi connectivity index (χ1) is 12.1. The van der Waals surface area contributed by atoms with Crippen LogP contribution in [0.5, 0.6) is 11.5 Å². The van der Waals surface area contributed by atoms with Crippen LogP contribution in [-0.4, -0.2) is 25.0 Å². The van der Waals surface area contributed by atoms with Crippen molar-refractivity contribution >= 4 is 5.78 Å². The molecular weight excluding hydrogens is 320 g/mol. The van der Waals surface area contributed by atoms with Gasteiger partial charge >= 0.3 is 0 Å². The molecule has 2 heterocycles. The quantitative estimate of drug-likeness (QED) is 0.770. The second-order valence-corrected chi connectivity index (χ2v) is 6.53. The maximum absolute atomic E-state index is 12.2. The monoisotopic (exact) mass is 340 g/mol. The minimum atomic E-state index is -0.706. The van der Waals surface area contributed by atoms with Crippen LogP contribution in [0.2, 0.25) is 0 Å². The first-order valence-electron chi connectivity index (χ1n) is 8.37. The number of carbonyl (C=O) groups excluding carboxylic acids is 1. The maximum atomic E-state index is 12.2. The van der Waals surface area contributed by atoms with E-state index < -0.39 is 5.60 Å². The van der Waals surface area contributed by atoms with E-state index in [1.165, 1.54) is 0 Å². The van der Waals surface area contributed by atoms with Crippen LogP contribution in [0.3, 0.4) is 0 Å². The average molecular weight is 340 g/mol. The molecule has 0 aromatic heterocycles. The number of ketones is 1. The molecule has 0 bridgehead atoms. The number of fused-ring (bicyclic) bond motifs is 2. The minimum Gasteiger partial charge on any atom is -0.468 e. The average Bonchev–Trinajstić information content (AvgIpc) is 3.22. The van der Waals surface area contributed by atoms with Crippen molar-refractivity contribution in [3.63, 3.8) is 0 Å². The van der Waals surface area contributed by atoms with Gasteiger partial charge in [-0.15, -0.1) is 6.58 Å². The van der Waals surface area contributed by atoms with Crippen molar-refractivity contribution in [2.45, 2.75) is 25.4 Å². The van der Waals surface area contributed by atoms with Crippen LogP contribution in [0.15, 0.2) is 54.3 Å². The highest BCUT2D eigenvalue weighted by molar-refractivity contribution is 6.06. The summed E-state index contributed by atoms with van der Waals surface area (Å²) in [5.41, 5.74) is 1.11. The minimum absolute atomic E-state index is 0.0358. The zero-order valence-electron chi connectivity index (χ0n) is 14.1. The second-order valence-electron chi connectivity index (χ2n) is 6.53. The number of benzene rings is 1. The smallest absolute Gasteiger partial charge is 0.231 e. The van der Waals surface area contributed by atoms with Crippen molar-refractivity contribution in [2.24, 2.45) is 5.92 Å². The molecule has 4 rings (SSSR count). The fourth-order valence-corrected chi connectivity index (χ4v) is 3.60. The van der Waals surface area contributed by atoms with Crippen molar-refractivity contribution in [2.75, 3.05) is 13.6 Å². The van der Waals surface area contributed by atoms with Crippen molar-refractivity contribution in [3.8, 4) is 11.5 Å². The van der Waals surface area contributed by atoms with E-state index in [4.69, 9.17) is 18.9 Å². The molecule has 2 aliphatic heterocycles. The van der Waals surface area contributed by atoms with Gasteiger partial charge in [0.25, 0.3) is 0 Å². The molecule has 130 valence electrons. The van der Waals surface area contributed by atoms with Gasteiger partial charge in [0.15, 0.2) is 29.7 Å². The third-order valence-electron chi connectivity index (χ3n) is 4.94. The van der Waals surface area contributed by atoms with E-state index in [1.54, 1.807) is 12.2 Å². The number of ether oxygens (including phenoxy) is 4. The second kappa shape index (κ2) is 6.08. The third-order valence-corrected chi connectivity index (χ3v) is 4.94. The summed E-state index contributed by atoms with van der Waals surface area (Å²) >= 11 is 0. The van der Waals surface area contributed by atoms with E-state index in [0.717, 1.165) is 23.5 Å². The highest BCUT2D eigenvalue weighted by Gasteiger charge is 2.48. The van der Waals surface area contributed by atoms with Gasteiger partial charge in [0, 0.05) is 17.6 Å². The van der Waals surface area contributed by atoms with Gasteiger partial charge in [-0.3, -0.25) is 4.79 Å². The lowest BCUT2D eigenvalue weighted by Gasteiger charge is -2.33. The first-order valence-corrected chi connectivity index (χ1v) is 8.37. The number of allylic oxidation sites excluding steroid dienone is 3. The largest absolute Gasteiger partial charge is 0.468 e. The van der Waals surface area contributed by atoms with Crippen LogP contribution in [0.4, 0.5) is 0 Å². The van der Waals surface area contributed by atoms with Crippen LogP contribution in [0, 0.1) is 5.92 Å². The molecule has 1 aliphatic carbocycles. The van der Waals surface area contributed by atoms with Gasteiger partial charge < -0.3 is 18.9 Å². The molecule has 0 saturated carbocycles. The Kier molecular flexibility index (Phi) is 3.88. The van der Waals surface area contributed by atoms with Crippen molar-refractivity contribution < 1.29 is 23.7 Å². The lowest BCUT2D eigenvalue weighted by atomic mass is 9.77. The Morgan fingerprint density at radius 3 is 2.92 bits per heavy atom. The van der Waals surface area contributed by atoms with Gasteiger partial charge in [-0.25, -0.2) is 0 Å². The highest BCUT2D eigenvalue weighted by atomic mass is 16.7. The van der Waals surface area contributed by atoms with Crippen molar-refractivity contribution in [1.82, 2.24) is 0 Å². The van der Waals surface area contributed by atoms with Crippen LogP contribution in [0.25, 0.3) is 0 Å². The lowest BCUT2D eigenvalue weighted by molar-refractivity contribution is -0.112. The van der Waals surface area contributed by atoms with E-state index in [2.05, 4.69) is 13.5 Å². The summed E-state index contributed by atoms with van der Waals surface area (Å²) in [4.78, 5) is 12.2.